The number of aliphatic hydroxyl groups is 1. The summed E-state index contributed by atoms with van der Waals surface area (Å²) in [6, 6.07) is 5.48. The number of nitrogens with zero attached hydrogens (tertiary/aromatic N) is 1. The molecule has 0 unspecified atom stereocenters. The second-order valence-corrected chi connectivity index (χ2v) is 5.38. The number of amides is 1. The molecule has 1 aromatic carbocycles. The molecule has 0 spiro atoms. The molecular formula is C14H20N2O2. The first kappa shape index (κ1) is 12.9. The van der Waals surface area contributed by atoms with E-state index in [9.17, 15) is 9.90 Å². The van der Waals surface area contributed by atoms with Crippen molar-refractivity contribution in [3.8, 4) is 0 Å². The van der Waals surface area contributed by atoms with Gasteiger partial charge in [-0.1, -0.05) is 6.07 Å². The van der Waals surface area contributed by atoms with Crippen molar-refractivity contribution >= 4 is 11.6 Å². The number of hydrogen-bond acceptors (Lipinski definition) is 3. The highest BCUT2D eigenvalue weighted by molar-refractivity contribution is 5.99. The van der Waals surface area contributed by atoms with Crippen molar-refractivity contribution in [2.75, 3.05) is 18.8 Å². The Bertz CT molecular complexity index is 459. The molecule has 0 saturated carbocycles. The number of nitrogens with two attached hydrogens (primary N) is 1. The zero-order valence-corrected chi connectivity index (χ0v) is 10.9. The Labute approximate surface area is 107 Å². The van der Waals surface area contributed by atoms with Crippen LogP contribution in [0.2, 0.25) is 0 Å². The van der Waals surface area contributed by atoms with Gasteiger partial charge in [-0.25, -0.2) is 0 Å². The Morgan fingerprint density at radius 2 is 2.00 bits per heavy atom. The SMILES string of the molecule is Cc1ccc(C(=O)N2CCC(C)(O)CC2)c(N)c1. The average Bonchev–Trinajstić information content (AvgIpc) is 2.28. The van der Waals surface area contributed by atoms with Crippen LogP contribution in [0.4, 0.5) is 5.69 Å². The topological polar surface area (TPSA) is 66.6 Å². The van der Waals surface area contributed by atoms with Crippen LogP contribution in [0.1, 0.15) is 35.7 Å². The molecule has 1 aromatic rings. The number of aryl methyl sites for hydroxylation is 1. The van der Waals surface area contributed by atoms with Gasteiger partial charge in [-0.05, 0) is 44.4 Å². The number of carbonyl (C=O) groups excluding carboxylic acids is 1. The van der Waals surface area contributed by atoms with Gasteiger partial charge in [0.05, 0.1) is 11.2 Å². The lowest BCUT2D eigenvalue weighted by Gasteiger charge is -2.36. The maximum atomic E-state index is 12.3. The van der Waals surface area contributed by atoms with Crippen molar-refractivity contribution in [2.45, 2.75) is 32.3 Å². The van der Waals surface area contributed by atoms with Gasteiger partial charge in [0.25, 0.3) is 5.91 Å². The third-order valence-electron chi connectivity index (χ3n) is 3.57. The summed E-state index contributed by atoms with van der Waals surface area (Å²) in [5.41, 5.74) is 7.37. The predicted molar refractivity (Wildman–Crippen MR) is 71.4 cm³/mol. The Morgan fingerprint density at radius 3 is 2.56 bits per heavy atom. The minimum atomic E-state index is -0.643. The highest BCUT2D eigenvalue weighted by Crippen LogP contribution is 2.24. The molecule has 1 fully saturated rings. The largest absolute Gasteiger partial charge is 0.398 e. The van der Waals surface area contributed by atoms with Crippen LogP contribution in [-0.4, -0.2) is 34.6 Å². The molecule has 1 amide bonds. The van der Waals surface area contributed by atoms with E-state index in [0.29, 0.717) is 37.2 Å². The van der Waals surface area contributed by atoms with Gasteiger partial charge in [0.15, 0.2) is 0 Å². The van der Waals surface area contributed by atoms with Crippen molar-refractivity contribution < 1.29 is 9.90 Å². The van der Waals surface area contributed by atoms with E-state index in [1.807, 2.05) is 26.0 Å². The smallest absolute Gasteiger partial charge is 0.255 e. The molecule has 0 aromatic heterocycles. The van der Waals surface area contributed by atoms with Gasteiger partial charge in [0.1, 0.15) is 0 Å². The fraction of sp³-hybridized carbons (Fsp3) is 0.500. The van der Waals surface area contributed by atoms with Crippen LogP contribution >= 0.6 is 0 Å². The maximum absolute atomic E-state index is 12.3. The molecule has 4 heteroatoms. The van der Waals surface area contributed by atoms with Gasteiger partial charge >= 0.3 is 0 Å². The van der Waals surface area contributed by atoms with Gasteiger partial charge in [-0.15, -0.1) is 0 Å². The minimum absolute atomic E-state index is 0.0389. The molecule has 1 heterocycles. The second-order valence-electron chi connectivity index (χ2n) is 5.38. The maximum Gasteiger partial charge on any atom is 0.255 e. The predicted octanol–water partition coefficient (Wildman–Crippen LogP) is 1.56. The van der Waals surface area contributed by atoms with Crippen LogP contribution in [0.15, 0.2) is 18.2 Å². The number of likely N-dealkylation sites (tertiary alicyclic amines) is 1. The Morgan fingerprint density at radius 1 is 1.39 bits per heavy atom. The molecule has 1 aliphatic heterocycles. The molecule has 1 aliphatic rings. The number of carbonyl (C=O) groups is 1. The Kier molecular flexibility index (Phi) is 3.30. The molecule has 3 N–H and O–H groups in total. The second kappa shape index (κ2) is 4.61. The number of benzene rings is 1. The number of nitrogen functional groups attached to an aromatic ring is 1. The molecule has 1 saturated heterocycles. The first-order valence-corrected chi connectivity index (χ1v) is 6.27. The first-order chi connectivity index (χ1) is 8.39. The fourth-order valence-corrected chi connectivity index (χ4v) is 2.24. The molecule has 0 radical (unpaired) electrons. The van der Waals surface area contributed by atoms with Crippen LogP contribution in [0.25, 0.3) is 0 Å². The minimum Gasteiger partial charge on any atom is -0.398 e. The van der Waals surface area contributed by atoms with Crippen LogP contribution in [0, 0.1) is 6.92 Å². The van der Waals surface area contributed by atoms with E-state index in [0.717, 1.165) is 5.56 Å². The number of piperidine rings is 1. The lowest BCUT2D eigenvalue weighted by Crippen LogP contribution is -2.45. The summed E-state index contributed by atoms with van der Waals surface area (Å²) in [5.74, 6) is -0.0389. The monoisotopic (exact) mass is 248 g/mol. The molecule has 0 bridgehead atoms. The summed E-state index contributed by atoms with van der Waals surface area (Å²) < 4.78 is 0. The van der Waals surface area contributed by atoms with E-state index < -0.39 is 5.60 Å². The zero-order valence-electron chi connectivity index (χ0n) is 10.9. The van der Waals surface area contributed by atoms with Gasteiger partial charge in [-0.2, -0.15) is 0 Å². The molecule has 98 valence electrons. The van der Waals surface area contributed by atoms with Crippen molar-refractivity contribution in [1.29, 1.82) is 0 Å². The van der Waals surface area contributed by atoms with Crippen LogP contribution in [0.3, 0.4) is 0 Å². The molecular weight excluding hydrogens is 228 g/mol. The quantitative estimate of drug-likeness (QED) is 0.741. The average molecular weight is 248 g/mol. The first-order valence-electron chi connectivity index (χ1n) is 6.27. The van der Waals surface area contributed by atoms with Crippen molar-refractivity contribution in [3.63, 3.8) is 0 Å². The number of hydrogen-bond donors (Lipinski definition) is 2. The molecule has 4 nitrogen and oxygen atoms in total. The standard InChI is InChI=1S/C14H20N2O2/c1-10-3-4-11(12(15)9-10)13(17)16-7-5-14(2,18)6-8-16/h3-4,9,18H,5-8,15H2,1-2H3. The normalized spacial score (nSPS) is 18.7. The van der Waals surface area contributed by atoms with E-state index in [1.165, 1.54) is 0 Å². The molecule has 2 rings (SSSR count). The lowest BCUT2D eigenvalue weighted by atomic mass is 9.93. The van der Waals surface area contributed by atoms with Gasteiger partial charge in [0, 0.05) is 18.8 Å². The summed E-state index contributed by atoms with van der Waals surface area (Å²) in [6.45, 7) is 4.93. The summed E-state index contributed by atoms with van der Waals surface area (Å²) >= 11 is 0. The van der Waals surface area contributed by atoms with Crippen molar-refractivity contribution in [3.05, 3.63) is 29.3 Å². The van der Waals surface area contributed by atoms with Crippen LogP contribution < -0.4 is 5.73 Å². The fourth-order valence-electron chi connectivity index (χ4n) is 2.24. The van der Waals surface area contributed by atoms with Crippen LogP contribution in [-0.2, 0) is 0 Å². The van der Waals surface area contributed by atoms with E-state index in [4.69, 9.17) is 5.73 Å². The number of anilines is 1. The summed E-state index contributed by atoms with van der Waals surface area (Å²) in [4.78, 5) is 14.1. The summed E-state index contributed by atoms with van der Waals surface area (Å²) in [6.07, 6.45) is 1.23. The highest BCUT2D eigenvalue weighted by Gasteiger charge is 2.30. The van der Waals surface area contributed by atoms with Crippen LogP contribution in [0.5, 0.6) is 0 Å². The van der Waals surface area contributed by atoms with E-state index in [2.05, 4.69) is 0 Å². The number of rotatable bonds is 1. The third kappa shape index (κ3) is 2.64. The van der Waals surface area contributed by atoms with E-state index in [-0.39, 0.29) is 5.91 Å². The van der Waals surface area contributed by atoms with E-state index >= 15 is 0 Å². The summed E-state index contributed by atoms with van der Waals surface area (Å²) in [7, 11) is 0. The van der Waals surface area contributed by atoms with Gasteiger partial charge in [0.2, 0.25) is 0 Å². The highest BCUT2D eigenvalue weighted by atomic mass is 16.3. The van der Waals surface area contributed by atoms with Gasteiger partial charge < -0.3 is 15.7 Å². The molecule has 0 aliphatic carbocycles. The zero-order chi connectivity index (χ0) is 13.3. The van der Waals surface area contributed by atoms with Gasteiger partial charge in [-0.3, -0.25) is 4.79 Å². The van der Waals surface area contributed by atoms with Crippen molar-refractivity contribution in [1.82, 2.24) is 4.90 Å². The third-order valence-corrected chi connectivity index (χ3v) is 3.57. The Hall–Kier alpha value is -1.55. The molecule has 0 atom stereocenters. The van der Waals surface area contributed by atoms with Crippen molar-refractivity contribution in [2.24, 2.45) is 0 Å². The summed E-state index contributed by atoms with van der Waals surface area (Å²) in [5, 5.41) is 9.87. The lowest BCUT2D eigenvalue weighted by molar-refractivity contribution is -0.00198. The molecule has 18 heavy (non-hydrogen) atoms. The van der Waals surface area contributed by atoms with E-state index in [1.54, 1.807) is 11.0 Å². The Balaban J connectivity index is 2.13.